The zero-order valence-corrected chi connectivity index (χ0v) is 12.8. The summed E-state index contributed by atoms with van der Waals surface area (Å²) in [6.07, 6.45) is 1.39. The Morgan fingerprint density at radius 3 is 2.70 bits per heavy atom. The number of amides is 1. The number of benzene rings is 1. The molecule has 0 radical (unpaired) electrons. The number of rotatable bonds is 3. The van der Waals surface area contributed by atoms with E-state index in [4.69, 9.17) is 16.3 Å². The lowest BCUT2D eigenvalue weighted by Crippen LogP contribution is -2.34. The van der Waals surface area contributed by atoms with Crippen molar-refractivity contribution in [1.29, 1.82) is 0 Å². The average Bonchev–Trinajstić information content (AvgIpc) is 2.84. The molecule has 0 fully saturated rings. The number of aromatic nitrogens is 4. The average molecular weight is 354 g/mol. The summed E-state index contributed by atoms with van der Waals surface area (Å²) in [6, 6.07) is 7.98. The Morgan fingerprint density at radius 1 is 1.22 bits per heavy atom. The molecule has 118 valence electrons. The molecule has 1 aromatic carbocycles. The van der Waals surface area contributed by atoms with E-state index < -0.39 is 21.1 Å². The molecule has 23 heavy (non-hydrogen) atoms. The van der Waals surface area contributed by atoms with Crippen molar-refractivity contribution in [2.45, 2.75) is 5.03 Å². The van der Waals surface area contributed by atoms with Crippen LogP contribution in [0.5, 0.6) is 5.75 Å². The molecular weight excluding hydrogens is 346 g/mol. The first-order chi connectivity index (χ1) is 11.0. The Kier molecular flexibility index (Phi) is 3.84. The largest absolute Gasteiger partial charge is 0.426 e. The first-order valence-electron chi connectivity index (χ1n) is 6.12. The third-order valence-corrected chi connectivity index (χ3v) is 4.31. The predicted octanol–water partition coefficient (Wildman–Crippen LogP) is 1.26. The minimum Gasteiger partial charge on any atom is -0.410 e. The second-order valence-corrected chi connectivity index (χ2v) is 6.13. The number of carbonyl (C=O) groups is 1. The molecule has 11 heteroatoms. The van der Waals surface area contributed by atoms with Crippen molar-refractivity contribution >= 4 is 33.5 Å². The molecule has 3 rings (SSSR count). The van der Waals surface area contributed by atoms with Crippen molar-refractivity contribution in [3.63, 3.8) is 0 Å². The van der Waals surface area contributed by atoms with Crippen molar-refractivity contribution in [2.75, 3.05) is 0 Å². The number of hydrogen-bond acceptors (Lipinski definition) is 7. The highest BCUT2D eigenvalue weighted by atomic mass is 35.5. The summed E-state index contributed by atoms with van der Waals surface area (Å²) in [4.78, 5) is 19.3. The number of carbonyl (C=O) groups excluding carboxylic acids is 1. The smallest absolute Gasteiger partial charge is 0.410 e. The van der Waals surface area contributed by atoms with Gasteiger partial charge in [0, 0.05) is 0 Å². The van der Waals surface area contributed by atoms with Crippen LogP contribution in [-0.4, -0.2) is 34.1 Å². The van der Waals surface area contributed by atoms with Gasteiger partial charge in [-0.05, 0) is 12.1 Å². The fourth-order valence-corrected chi connectivity index (χ4v) is 3.19. The number of ether oxygens (including phenoxy) is 1. The molecule has 3 aromatic rings. The van der Waals surface area contributed by atoms with Gasteiger partial charge in [0.05, 0.1) is 12.4 Å². The fourth-order valence-electron chi connectivity index (χ4n) is 1.74. The molecule has 9 nitrogen and oxygen atoms in total. The summed E-state index contributed by atoms with van der Waals surface area (Å²) in [5.41, 5.74) is 0. The first kappa shape index (κ1) is 15.2. The molecule has 0 aliphatic carbocycles. The highest BCUT2D eigenvalue weighted by Gasteiger charge is 2.28. The maximum atomic E-state index is 12.3. The first-order valence-corrected chi connectivity index (χ1v) is 7.98. The summed E-state index contributed by atoms with van der Waals surface area (Å²) in [7, 11) is -4.35. The number of sulfonamides is 1. The maximum Gasteiger partial charge on any atom is 0.426 e. The number of hydrogen-bond donors (Lipinski definition) is 1. The van der Waals surface area contributed by atoms with Gasteiger partial charge in [0.25, 0.3) is 15.8 Å². The topological polar surface area (TPSA) is 116 Å². The van der Waals surface area contributed by atoms with Crippen LogP contribution in [-0.2, 0) is 10.0 Å². The minimum atomic E-state index is -4.35. The summed E-state index contributed by atoms with van der Waals surface area (Å²) >= 11 is 5.81. The van der Waals surface area contributed by atoms with Crippen molar-refractivity contribution < 1.29 is 17.9 Å². The molecular formula is C12H8ClN5O4S. The van der Waals surface area contributed by atoms with Gasteiger partial charge >= 0.3 is 6.09 Å². The van der Waals surface area contributed by atoms with Crippen LogP contribution >= 0.6 is 11.6 Å². The van der Waals surface area contributed by atoms with E-state index in [-0.39, 0.29) is 16.7 Å². The van der Waals surface area contributed by atoms with Crippen LogP contribution in [0.2, 0.25) is 5.15 Å². The second-order valence-electron chi connectivity index (χ2n) is 4.17. The summed E-state index contributed by atoms with van der Waals surface area (Å²) < 4.78 is 32.1. The zero-order valence-electron chi connectivity index (χ0n) is 11.2. The van der Waals surface area contributed by atoms with Crippen LogP contribution < -0.4 is 9.46 Å². The van der Waals surface area contributed by atoms with E-state index in [1.807, 2.05) is 0 Å². The van der Waals surface area contributed by atoms with E-state index >= 15 is 0 Å². The number of nitrogens with zero attached hydrogens (tertiary/aromatic N) is 4. The van der Waals surface area contributed by atoms with Gasteiger partial charge in [-0.15, -0.1) is 0 Å². The molecule has 0 saturated heterocycles. The van der Waals surface area contributed by atoms with Gasteiger partial charge < -0.3 is 4.74 Å². The molecule has 2 aromatic heterocycles. The molecule has 1 N–H and O–H groups in total. The van der Waals surface area contributed by atoms with Gasteiger partial charge in [-0.2, -0.15) is 23.0 Å². The maximum absolute atomic E-state index is 12.3. The summed E-state index contributed by atoms with van der Waals surface area (Å²) in [6.45, 7) is 0. The third kappa shape index (κ3) is 3.07. The molecule has 0 aliphatic heterocycles. The van der Waals surface area contributed by atoms with Gasteiger partial charge in [-0.3, -0.25) is 0 Å². The Hall–Kier alpha value is -2.72. The number of imidazole rings is 1. The highest BCUT2D eigenvalue weighted by molar-refractivity contribution is 7.90. The van der Waals surface area contributed by atoms with Crippen molar-refractivity contribution in [2.24, 2.45) is 0 Å². The number of nitrogens with one attached hydrogen (secondary N) is 1. The quantitative estimate of drug-likeness (QED) is 0.753. The molecule has 0 aliphatic rings. The van der Waals surface area contributed by atoms with Crippen LogP contribution in [0.1, 0.15) is 0 Å². The van der Waals surface area contributed by atoms with Gasteiger partial charge in [0.1, 0.15) is 5.75 Å². The Balaban J connectivity index is 1.89. The Bertz CT molecular complexity index is 974. The molecule has 0 saturated carbocycles. The minimum absolute atomic E-state index is 0.0192. The zero-order chi connectivity index (χ0) is 16.4. The standard InChI is InChI=1S/C12H8ClN5O4S/c13-9-10(18-11(16-9)14-6-7-15-18)23(20,21)17-12(19)22-8-4-2-1-3-5-8/h1-7H,(H,17,19). The predicted molar refractivity (Wildman–Crippen MR) is 78.6 cm³/mol. The Labute approximate surface area is 134 Å². The summed E-state index contributed by atoms with van der Waals surface area (Å²) in [5.74, 6) is 0.165. The molecule has 0 unspecified atom stereocenters. The lowest BCUT2D eigenvalue weighted by Gasteiger charge is -2.07. The number of fused-ring (bicyclic) bond motifs is 1. The normalized spacial score (nSPS) is 11.3. The lowest BCUT2D eigenvalue weighted by molar-refractivity contribution is 0.206. The van der Waals surface area contributed by atoms with E-state index in [0.29, 0.717) is 0 Å². The van der Waals surface area contributed by atoms with Crippen LogP contribution in [0, 0.1) is 0 Å². The summed E-state index contributed by atoms with van der Waals surface area (Å²) in [5, 5.41) is 2.92. The van der Waals surface area contributed by atoms with Crippen LogP contribution in [0.4, 0.5) is 4.79 Å². The van der Waals surface area contributed by atoms with E-state index in [2.05, 4.69) is 15.1 Å². The molecule has 0 atom stereocenters. The van der Waals surface area contributed by atoms with Crippen molar-refractivity contribution in [3.8, 4) is 5.75 Å². The SMILES string of the molecule is O=C(NS(=O)(=O)c1c(Cl)nc2nccnn12)Oc1ccccc1. The number of halogens is 1. The van der Waals surface area contributed by atoms with Gasteiger partial charge in [0.15, 0.2) is 5.15 Å². The van der Waals surface area contributed by atoms with E-state index in [1.165, 1.54) is 24.5 Å². The van der Waals surface area contributed by atoms with E-state index in [1.54, 1.807) is 22.9 Å². The van der Waals surface area contributed by atoms with Gasteiger partial charge in [-0.25, -0.2) is 14.5 Å². The lowest BCUT2D eigenvalue weighted by atomic mass is 10.3. The molecule has 0 bridgehead atoms. The fraction of sp³-hybridized carbons (Fsp3) is 0. The number of para-hydroxylation sites is 1. The van der Waals surface area contributed by atoms with E-state index in [0.717, 1.165) is 4.52 Å². The monoisotopic (exact) mass is 353 g/mol. The van der Waals surface area contributed by atoms with Crippen LogP contribution in [0.15, 0.2) is 47.8 Å². The highest BCUT2D eigenvalue weighted by Crippen LogP contribution is 2.20. The van der Waals surface area contributed by atoms with E-state index in [9.17, 15) is 13.2 Å². The van der Waals surface area contributed by atoms with Crippen LogP contribution in [0.3, 0.4) is 0 Å². The van der Waals surface area contributed by atoms with Gasteiger partial charge in [-0.1, -0.05) is 29.8 Å². The van der Waals surface area contributed by atoms with Gasteiger partial charge in [0.2, 0.25) is 5.03 Å². The third-order valence-electron chi connectivity index (χ3n) is 2.62. The molecule has 0 spiro atoms. The van der Waals surface area contributed by atoms with Crippen molar-refractivity contribution in [1.82, 2.24) is 24.3 Å². The van der Waals surface area contributed by atoms with Crippen molar-refractivity contribution in [3.05, 3.63) is 47.9 Å². The molecule has 1 amide bonds. The molecule has 2 heterocycles. The Morgan fingerprint density at radius 2 is 1.96 bits per heavy atom. The van der Waals surface area contributed by atoms with Crippen LogP contribution in [0.25, 0.3) is 5.78 Å². The second kappa shape index (κ2) is 5.82.